The molecule has 7 heteroatoms. The average molecular weight is 324 g/mol. The van der Waals surface area contributed by atoms with Crippen LogP contribution in [0.4, 0.5) is 5.69 Å². The average Bonchev–Trinajstić information content (AvgIpc) is 3.15. The zero-order valence-electron chi connectivity index (χ0n) is 13.9. The maximum absolute atomic E-state index is 12.3. The number of aryl methyl sites for hydroxylation is 2. The number of hydrogen-bond acceptors (Lipinski definition) is 4. The van der Waals surface area contributed by atoms with Crippen LogP contribution in [0.15, 0.2) is 36.8 Å². The molecule has 0 bridgehead atoms. The molecule has 0 aliphatic rings. The van der Waals surface area contributed by atoms with Crippen molar-refractivity contribution in [3.05, 3.63) is 53.7 Å². The van der Waals surface area contributed by atoms with Gasteiger partial charge in [-0.3, -0.25) is 9.89 Å². The van der Waals surface area contributed by atoms with Crippen molar-refractivity contribution in [3.8, 4) is 5.82 Å². The van der Waals surface area contributed by atoms with E-state index in [1.165, 1.54) is 0 Å². The maximum atomic E-state index is 12.3. The van der Waals surface area contributed by atoms with E-state index in [-0.39, 0.29) is 11.8 Å². The smallest absolute Gasteiger partial charge is 0.225 e. The summed E-state index contributed by atoms with van der Waals surface area (Å²) in [7, 11) is 0. The lowest BCUT2D eigenvalue weighted by molar-refractivity contribution is -0.116. The summed E-state index contributed by atoms with van der Waals surface area (Å²) in [5.41, 5.74) is 3.71. The maximum Gasteiger partial charge on any atom is 0.225 e. The highest BCUT2D eigenvalue weighted by molar-refractivity contribution is 5.91. The number of anilines is 1. The number of carbonyl (C=O) groups excluding carboxylic acids is 1. The Morgan fingerprint density at radius 3 is 2.88 bits per heavy atom. The van der Waals surface area contributed by atoms with Gasteiger partial charge < -0.3 is 5.32 Å². The van der Waals surface area contributed by atoms with E-state index in [0.717, 1.165) is 17.0 Å². The van der Waals surface area contributed by atoms with E-state index in [0.29, 0.717) is 17.9 Å². The summed E-state index contributed by atoms with van der Waals surface area (Å²) in [5.74, 6) is 0.744. The molecular formula is C17H20N6O. The largest absolute Gasteiger partial charge is 0.323 e. The summed E-state index contributed by atoms with van der Waals surface area (Å²) in [6.45, 7) is 5.95. The predicted molar refractivity (Wildman–Crippen MR) is 91.1 cm³/mol. The standard InChI is InChI=1S/C17H20N6O/c1-11(17-12(2)21-22-13(17)3)8-16(24)20-14-9-19-23(10-14)15-6-4-5-7-18-15/h4-7,9-11H,8H2,1-3H3,(H,20,24)(H,21,22). The lowest BCUT2D eigenvalue weighted by Crippen LogP contribution is -2.14. The molecule has 1 amide bonds. The topological polar surface area (TPSA) is 88.5 Å². The van der Waals surface area contributed by atoms with Gasteiger partial charge >= 0.3 is 0 Å². The third-order valence-corrected chi connectivity index (χ3v) is 3.92. The molecule has 0 fully saturated rings. The summed E-state index contributed by atoms with van der Waals surface area (Å²) in [5, 5.41) is 14.3. The molecule has 0 saturated carbocycles. The van der Waals surface area contributed by atoms with Crippen LogP contribution in [0.2, 0.25) is 0 Å². The van der Waals surface area contributed by atoms with E-state index in [2.05, 4.69) is 25.6 Å². The first-order chi connectivity index (χ1) is 11.5. The second-order valence-corrected chi connectivity index (χ2v) is 5.86. The van der Waals surface area contributed by atoms with Crippen LogP contribution in [0.5, 0.6) is 0 Å². The van der Waals surface area contributed by atoms with Crippen LogP contribution in [0.3, 0.4) is 0 Å². The van der Waals surface area contributed by atoms with Crippen molar-refractivity contribution in [1.29, 1.82) is 0 Å². The van der Waals surface area contributed by atoms with E-state index in [1.807, 2.05) is 39.0 Å². The Morgan fingerprint density at radius 2 is 2.21 bits per heavy atom. The molecule has 3 rings (SSSR count). The molecule has 3 aromatic heterocycles. The Balaban J connectivity index is 1.64. The highest BCUT2D eigenvalue weighted by atomic mass is 16.1. The van der Waals surface area contributed by atoms with Crippen molar-refractivity contribution in [2.24, 2.45) is 0 Å². The molecule has 0 spiro atoms. The van der Waals surface area contributed by atoms with Crippen molar-refractivity contribution in [3.63, 3.8) is 0 Å². The molecule has 0 radical (unpaired) electrons. The fourth-order valence-corrected chi connectivity index (χ4v) is 2.88. The van der Waals surface area contributed by atoms with Gasteiger partial charge in [0.05, 0.1) is 23.8 Å². The molecule has 0 aromatic carbocycles. The second kappa shape index (κ2) is 6.66. The van der Waals surface area contributed by atoms with Gasteiger partial charge in [-0.1, -0.05) is 13.0 Å². The Kier molecular flexibility index (Phi) is 4.41. The van der Waals surface area contributed by atoms with Gasteiger partial charge in [0.15, 0.2) is 5.82 Å². The summed E-state index contributed by atoms with van der Waals surface area (Å²) in [6.07, 6.45) is 5.45. The molecule has 3 heterocycles. The summed E-state index contributed by atoms with van der Waals surface area (Å²) in [6, 6.07) is 5.58. The Morgan fingerprint density at radius 1 is 1.38 bits per heavy atom. The fraction of sp³-hybridized carbons (Fsp3) is 0.294. The number of amides is 1. The normalized spacial score (nSPS) is 12.1. The van der Waals surface area contributed by atoms with Gasteiger partial charge in [0.1, 0.15) is 0 Å². The van der Waals surface area contributed by atoms with E-state index in [9.17, 15) is 4.79 Å². The Labute approximate surface area is 140 Å². The number of carbonyl (C=O) groups is 1. The Bertz CT molecular complexity index is 816. The van der Waals surface area contributed by atoms with Gasteiger partial charge in [0.25, 0.3) is 0 Å². The lowest BCUT2D eigenvalue weighted by atomic mass is 9.95. The first-order valence-electron chi connectivity index (χ1n) is 7.82. The van der Waals surface area contributed by atoms with Gasteiger partial charge in [-0.05, 0) is 37.5 Å². The van der Waals surface area contributed by atoms with Crippen molar-refractivity contribution in [2.45, 2.75) is 33.1 Å². The minimum absolute atomic E-state index is 0.0527. The van der Waals surface area contributed by atoms with Crippen LogP contribution in [0.25, 0.3) is 5.82 Å². The van der Waals surface area contributed by atoms with E-state index in [1.54, 1.807) is 23.3 Å². The third kappa shape index (κ3) is 3.34. The quantitative estimate of drug-likeness (QED) is 0.755. The molecule has 24 heavy (non-hydrogen) atoms. The fourth-order valence-electron chi connectivity index (χ4n) is 2.88. The van der Waals surface area contributed by atoms with Crippen LogP contribution in [0, 0.1) is 13.8 Å². The van der Waals surface area contributed by atoms with Crippen LogP contribution in [-0.4, -0.2) is 30.9 Å². The predicted octanol–water partition coefficient (Wildman–Crippen LogP) is 2.74. The molecule has 0 aliphatic heterocycles. The van der Waals surface area contributed by atoms with Gasteiger partial charge in [-0.2, -0.15) is 10.2 Å². The number of hydrogen-bond donors (Lipinski definition) is 2. The van der Waals surface area contributed by atoms with Crippen molar-refractivity contribution in [1.82, 2.24) is 25.0 Å². The monoisotopic (exact) mass is 324 g/mol. The highest BCUT2D eigenvalue weighted by Crippen LogP contribution is 2.24. The second-order valence-electron chi connectivity index (χ2n) is 5.86. The zero-order valence-corrected chi connectivity index (χ0v) is 13.9. The summed E-state index contributed by atoms with van der Waals surface area (Å²) < 4.78 is 1.63. The number of aromatic amines is 1. The van der Waals surface area contributed by atoms with Crippen LogP contribution in [-0.2, 0) is 4.79 Å². The van der Waals surface area contributed by atoms with Crippen molar-refractivity contribution >= 4 is 11.6 Å². The van der Waals surface area contributed by atoms with E-state index < -0.39 is 0 Å². The van der Waals surface area contributed by atoms with Gasteiger partial charge in [-0.15, -0.1) is 0 Å². The van der Waals surface area contributed by atoms with Crippen LogP contribution < -0.4 is 5.32 Å². The summed E-state index contributed by atoms with van der Waals surface area (Å²) in [4.78, 5) is 16.5. The number of nitrogens with zero attached hydrogens (tertiary/aromatic N) is 4. The number of aromatic nitrogens is 5. The van der Waals surface area contributed by atoms with Crippen molar-refractivity contribution in [2.75, 3.05) is 5.32 Å². The van der Waals surface area contributed by atoms with Crippen molar-refractivity contribution < 1.29 is 4.79 Å². The molecule has 124 valence electrons. The van der Waals surface area contributed by atoms with Crippen LogP contribution in [0.1, 0.15) is 36.2 Å². The van der Waals surface area contributed by atoms with Crippen LogP contribution >= 0.6 is 0 Å². The number of rotatable bonds is 5. The molecule has 1 unspecified atom stereocenters. The third-order valence-electron chi connectivity index (χ3n) is 3.92. The highest BCUT2D eigenvalue weighted by Gasteiger charge is 2.18. The van der Waals surface area contributed by atoms with Gasteiger partial charge in [0, 0.05) is 18.3 Å². The Hall–Kier alpha value is -2.96. The minimum Gasteiger partial charge on any atom is -0.323 e. The van der Waals surface area contributed by atoms with Gasteiger partial charge in [0.2, 0.25) is 5.91 Å². The molecule has 0 aliphatic carbocycles. The SMILES string of the molecule is Cc1n[nH]c(C)c1C(C)CC(=O)Nc1cnn(-c2ccccn2)c1. The first-order valence-corrected chi connectivity index (χ1v) is 7.82. The van der Waals surface area contributed by atoms with E-state index >= 15 is 0 Å². The number of pyridine rings is 1. The first kappa shape index (κ1) is 15.9. The molecular weight excluding hydrogens is 304 g/mol. The minimum atomic E-state index is -0.0527. The number of H-pyrrole nitrogens is 1. The zero-order chi connectivity index (χ0) is 17.1. The number of nitrogens with one attached hydrogen (secondary N) is 2. The van der Waals surface area contributed by atoms with Gasteiger partial charge in [-0.25, -0.2) is 9.67 Å². The lowest BCUT2D eigenvalue weighted by Gasteiger charge is -2.11. The molecule has 1 atom stereocenters. The summed E-state index contributed by atoms with van der Waals surface area (Å²) >= 11 is 0. The molecule has 0 saturated heterocycles. The molecule has 2 N–H and O–H groups in total. The molecule has 3 aromatic rings. The van der Waals surface area contributed by atoms with E-state index in [4.69, 9.17) is 0 Å². The molecule has 7 nitrogen and oxygen atoms in total.